The van der Waals surface area contributed by atoms with E-state index in [9.17, 15) is 4.79 Å². The van der Waals surface area contributed by atoms with Crippen LogP contribution in [0.1, 0.15) is 17.5 Å². The summed E-state index contributed by atoms with van der Waals surface area (Å²) in [5.74, 6) is 0.716. The largest absolute Gasteiger partial charge is 0.493 e. The number of hydrogen-bond acceptors (Lipinski definition) is 4. The molecule has 5 nitrogen and oxygen atoms in total. The molecule has 150 valence electrons. The number of ether oxygens (including phenoxy) is 1. The van der Waals surface area contributed by atoms with Crippen LogP contribution in [0.15, 0.2) is 36.4 Å². The van der Waals surface area contributed by atoms with E-state index in [4.69, 9.17) is 16.3 Å². The zero-order valence-corrected chi connectivity index (χ0v) is 17.6. The van der Waals surface area contributed by atoms with E-state index in [1.807, 2.05) is 44.2 Å². The summed E-state index contributed by atoms with van der Waals surface area (Å²) in [6.07, 6.45) is 0.279. The van der Waals surface area contributed by atoms with Crippen LogP contribution >= 0.6 is 11.6 Å². The normalized spacial score (nSPS) is 14.8. The summed E-state index contributed by atoms with van der Waals surface area (Å²) in [4.78, 5) is 17.1. The molecule has 0 unspecified atom stereocenters. The third-order valence-corrected chi connectivity index (χ3v) is 5.10. The van der Waals surface area contributed by atoms with Crippen LogP contribution in [0, 0.1) is 13.8 Å². The number of nitrogens with one attached hydrogen (secondary N) is 1. The maximum atomic E-state index is 12.5. The van der Waals surface area contributed by atoms with Gasteiger partial charge >= 0.3 is 0 Å². The highest BCUT2D eigenvalue weighted by molar-refractivity contribution is 6.31. The van der Waals surface area contributed by atoms with Gasteiger partial charge in [-0.25, -0.2) is 0 Å². The molecule has 1 amide bonds. The number of rotatable bonds is 6. The molecule has 2 aromatic rings. The quantitative estimate of drug-likeness (QED) is 0.790. The molecule has 0 atom stereocenters. The summed E-state index contributed by atoms with van der Waals surface area (Å²) < 4.78 is 5.76. The Labute approximate surface area is 172 Å². The number of piperazine rings is 1. The van der Waals surface area contributed by atoms with Crippen LogP contribution in [-0.4, -0.2) is 50.6 Å². The molecule has 0 radical (unpaired) electrons. The molecule has 28 heavy (non-hydrogen) atoms. The summed E-state index contributed by atoms with van der Waals surface area (Å²) in [6, 6.07) is 11.7. The first-order valence-corrected chi connectivity index (χ1v) is 10.0. The monoisotopic (exact) mass is 401 g/mol. The highest BCUT2D eigenvalue weighted by atomic mass is 35.5. The third kappa shape index (κ3) is 5.63. The van der Waals surface area contributed by atoms with Crippen molar-refractivity contribution in [2.45, 2.75) is 20.3 Å². The summed E-state index contributed by atoms with van der Waals surface area (Å²) in [6.45, 7) is 8.25. The Balaban J connectivity index is 1.59. The van der Waals surface area contributed by atoms with Crippen LogP contribution in [0.4, 0.5) is 11.4 Å². The van der Waals surface area contributed by atoms with Crippen LogP contribution in [0.3, 0.4) is 0 Å². The molecule has 6 heteroatoms. The Kier molecular flexibility index (Phi) is 6.81. The van der Waals surface area contributed by atoms with Gasteiger partial charge in [0.25, 0.3) is 0 Å². The molecule has 1 aliphatic rings. The minimum Gasteiger partial charge on any atom is -0.493 e. The van der Waals surface area contributed by atoms with Gasteiger partial charge in [0, 0.05) is 31.2 Å². The number of likely N-dealkylation sites (N-methyl/N-ethyl adjacent to an activating group) is 1. The van der Waals surface area contributed by atoms with Gasteiger partial charge < -0.3 is 19.9 Å². The Morgan fingerprint density at radius 1 is 1.07 bits per heavy atom. The first kappa shape index (κ1) is 20.5. The van der Waals surface area contributed by atoms with Gasteiger partial charge in [-0.3, -0.25) is 4.79 Å². The third-order valence-electron chi connectivity index (χ3n) is 4.87. The molecule has 1 aliphatic heterocycles. The standard InChI is InChI=1S/C22H28ClN3O2/c1-16-12-17(2)14-19(13-16)28-11-6-22(27)24-20-15-18(23)4-5-21(20)26-9-7-25(3)8-10-26/h4-5,12-15H,6-11H2,1-3H3,(H,24,27). The molecule has 1 fully saturated rings. The fourth-order valence-corrected chi connectivity index (χ4v) is 3.59. The van der Waals surface area contributed by atoms with Crippen molar-refractivity contribution < 1.29 is 9.53 Å². The number of nitrogens with zero attached hydrogens (tertiary/aromatic N) is 2. The minimum absolute atomic E-state index is 0.0815. The van der Waals surface area contributed by atoms with E-state index in [1.54, 1.807) is 0 Å². The molecule has 0 aromatic heterocycles. The number of carbonyl (C=O) groups excluding carboxylic acids is 1. The average Bonchev–Trinajstić information content (AvgIpc) is 2.62. The number of amides is 1. The van der Waals surface area contributed by atoms with Crippen molar-refractivity contribution in [1.29, 1.82) is 0 Å². The molecule has 1 N–H and O–H groups in total. The first-order chi connectivity index (χ1) is 13.4. The highest BCUT2D eigenvalue weighted by Gasteiger charge is 2.18. The fraction of sp³-hybridized carbons (Fsp3) is 0.409. The highest BCUT2D eigenvalue weighted by Crippen LogP contribution is 2.30. The van der Waals surface area contributed by atoms with Gasteiger partial charge in [-0.05, 0) is 62.4 Å². The van der Waals surface area contributed by atoms with Gasteiger partial charge in [0.15, 0.2) is 0 Å². The fourth-order valence-electron chi connectivity index (χ4n) is 3.42. The lowest BCUT2D eigenvalue weighted by Gasteiger charge is -2.35. The minimum atomic E-state index is -0.0815. The Bertz CT molecular complexity index is 812. The smallest absolute Gasteiger partial charge is 0.227 e. The van der Waals surface area contributed by atoms with Crippen molar-refractivity contribution >= 4 is 28.9 Å². The maximum absolute atomic E-state index is 12.5. The number of carbonyl (C=O) groups is 1. The number of aryl methyl sites for hydroxylation is 2. The Morgan fingerprint density at radius 2 is 1.75 bits per heavy atom. The second kappa shape index (κ2) is 9.30. The van der Waals surface area contributed by atoms with Crippen LogP contribution in [0.25, 0.3) is 0 Å². The van der Waals surface area contributed by atoms with E-state index in [-0.39, 0.29) is 12.3 Å². The van der Waals surface area contributed by atoms with Crippen LogP contribution < -0.4 is 15.0 Å². The summed E-state index contributed by atoms with van der Waals surface area (Å²) in [7, 11) is 2.12. The molecule has 1 heterocycles. The zero-order chi connectivity index (χ0) is 20.1. The lowest BCUT2D eigenvalue weighted by Crippen LogP contribution is -2.44. The Hall–Kier alpha value is -2.24. The summed E-state index contributed by atoms with van der Waals surface area (Å²) in [5.41, 5.74) is 4.07. The average molecular weight is 402 g/mol. The van der Waals surface area contributed by atoms with Crippen molar-refractivity contribution in [3.63, 3.8) is 0 Å². The van der Waals surface area contributed by atoms with E-state index >= 15 is 0 Å². The molecule has 0 spiro atoms. The summed E-state index contributed by atoms with van der Waals surface area (Å²) >= 11 is 6.17. The predicted octanol–water partition coefficient (Wildman–Crippen LogP) is 4.12. The molecule has 3 rings (SSSR count). The van der Waals surface area contributed by atoms with E-state index < -0.39 is 0 Å². The van der Waals surface area contributed by atoms with Crippen molar-refractivity contribution in [1.82, 2.24) is 4.90 Å². The van der Waals surface area contributed by atoms with E-state index in [0.717, 1.165) is 54.4 Å². The van der Waals surface area contributed by atoms with Gasteiger partial charge in [-0.1, -0.05) is 17.7 Å². The van der Waals surface area contributed by atoms with E-state index in [1.165, 1.54) is 0 Å². The molecule has 0 aliphatic carbocycles. The van der Waals surface area contributed by atoms with Crippen molar-refractivity contribution in [2.24, 2.45) is 0 Å². The predicted molar refractivity (Wildman–Crippen MR) is 116 cm³/mol. The number of benzene rings is 2. The number of halogens is 1. The molecular weight excluding hydrogens is 374 g/mol. The van der Waals surface area contributed by atoms with Crippen LogP contribution in [0.5, 0.6) is 5.75 Å². The summed E-state index contributed by atoms with van der Waals surface area (Å²) in [5, 5.41) is 3.62. The molecule has 0 saturated carbocycles. The van der Waals surface area contributed by atoms with Crippen molar-refractivity contribution in [3.8, 4) is 5.75 Å². The topological polar surface area (TPSA) is 44.8 Å². The first-order valence-electron chi connectivity index (χ1n) is 9.65. The van der Waals surface area contributed by atoms with Crippen LogP contribution in [0.2, 0.25) is 5.02 Å². The van der Waals surface area contributed by atoms with Gasteiger partial charge in [0.2, 0.25) is 5.91 Å². The van der Waals surface area contributed by atoms with Gasteiger partial charge in [0.05, 0.1) is 24.4 Å². The van der Waals surface area contributed by atoms with E-state index in [2.05, 4.69) is 28.2 Å². The van der Waals surface area contributed by atoms with Gasteiger partial charge in [-0.2, -0.15) is 0 Å². The Morgan fingerprint density at radius 3 is 2.43 bits per heavy atom. The molecule has 0 bridgehead atoms. The molecular formula is C22H28ClN3O2. The lowest BCUT2D eigenvalue weighted by atomic mass is 10.1. The van der Waals surface area contributed by atoms with Gasteiger partial charge in [0.1, 0.15) is 5.75 Å². The van der Waals surface area contributed by atoms with Crippen molar-refractivity contribution in [2.75, 3.05) is 50.1 Å². The van der Waals surface area contributed by atoms with Crippen LogP contribution in [-0.2, 0) is 4.79 Å². The zero-order valence-electron chi connectivity index (χ0n) is 16.8. The number of hydrogen-bond donors (Lipinski definition) is 1. The second-order valence-electron chi connectivity index (χ2n) is 7.42. The SMILES string of the molecule is Cc1cc(C)cc(OCCC(=O)Nc2cc(Cl)ccc2N2CCN(C)CC2)c1. The van der Waals surface area contributed by atoms with E-state index in [0.29, 0.717) is 11.6 Å². The second-order valence-corrected chi connectivity index (χ2v) is 7.86. The molecule has 1 saturated heterocycles. The van der Waals surface area contributed by atoms with Gasteiger partial charge in [-0.15, -0.1) is 0 Å². The van der Waals surface area contributed by atoms with Crippen molar-refractivity contribution in [3.05, 3.63) is 52.5 Å². The molecule has 2 aromatic carbocycles. The lowest BCUT2D eigenvalue weighted by molar-refractivity contribution is -0.116. The number of anilines is 2. The maximum Gasteiger partial charge on any atom is 0.227 e.